The van der Waals surface area contributed by atoms with Gasteiger partial charge in [0, 0.05) is 23.0 Å². The van der Waals surface area contributed by atoms with E-state index in [1.165, 1.54) is 12.1 Å². The van der Waals surface area contributed by atoms with Crippen molar-refractivity contribution in [3.63, 3.8) is 0 Å². The zero-order valence-electron chi connectivity index (χ0n) is 19.3. The monoisotopic (exact) mass is 524 g/mol. The first-order valence-corrected chi connectivity index (χ1v) is 12.2. The van der Waals surface area contributed by atoms with Crippen molar-refractivity contribution in [3.05, 3.63) is 81.6 Å². The predicted molar refractivity (Wildman–Crippen MR) is 138 cm³/mol. The molecular formula is C24H21ClN6O4S. The van der Waals surface area contributed by atoms with E-state index in [9.17, 15) is 14.9 Å². The zero-order chi connectivity index (χ0) is 25.7. The van der Waals surface area contributed by atoms with E-state index in [-0.39, 0.29) is 17.1 Å². The van der Waals surface area contributed by atoms with Crippen LogP contribution in [0.5, 0.6) is 5.75 Å². The molecule has 1 amide bonds. The Hall–Kier alpha value is -3.96. The van der Waals surface area contributed by atoms with Crippen LogP contribution < -0.4 is 10.1 Å². The summed E-state index contributed by atoms with van der Waals surface area (Å²) in [4.78, 5) is 27.7. The summed E-state index contributed by atoms with van der Waals surface area (Å²) < 4.78 is 7.15. The lowest BCUT2D eigenvalue weighted by Gasteiger charge is -2.14. The van der Waals surface area contributed by atoms with Crippen molar-refractivity contribution < 1.29 is 14.5 Å². The SMILES string of the molecule is CCOc1ccc(NC(=O)CSc2nnc(-c3ccncc3)n2-c2cccc(Cl)c2C)c([N+](=O)[O-])c1. The third-order valence-corrected chi connectivity index (χ3v) is 6.47. The Morgan fingerprint density at radius 3 is 2.69 bits per heavy atom. The molecule has 4 aromatic rings. The van der Waals surface area contributed by atoms with Gasteiger partial charge in [-0.15, -0.1) is 10.2 Å². The van der Waals surface area contributed by atoms with Gasteiger partial charge in [0.25, 0.3) is 5.69 Å². The topological polar surface area (TPSA) is 125 Å². The van der Waals surface area contributed by atoms with Crippen molar-refractivity contribution >= 4 is 40.6 Å². The molecule has 0 bridgehead atoms. The highest BCUT2D eigenvalue weighted by atomic mass is 35.5. The average Bonchev–Trinajstić information content (AvgIpc) is 3.29. The Bertz CT molecular complexity index is 1410. The van der Waals surface area contributed by atoms with E-state index in [1.807, 2.05) is 35.8 Å². The van der Waals surface area contributed by atoms with Gasteiger partial charge in [0.2, 0.25) is 5.91 Å². The van der Waals surface area contributed by atoms with Crippen molar-refractivity contribution in [2.45, 2.75) is 19.0 Å². The highest BCUT2D eigenvalue weighted by Crippen LogP contribution is 2.32. The van der Waals surface area contributed by atoms with E-state index >= 15 is 0 Å². The summed E-state index contributed by atoms with van der Waals surface area (Å²) in [7, 11) is 0. The van der Waals surface area contributed by atoms with Crippen LogP contribution in [0.2, 0.25) is 5.02 Å². The van der Waals surface area contributed by atoms with Crippen LogP contribution in [0.3, 0.4) is 0 Å². The number of nitrogens with one attached hydrogen (secondary N) is 1. The maximum atomic E-state index is 12.7. The molecule has 0 aliphatic carbocycles. The standard InChI is InChI=1S/C24H21ClN6O4S/c1-3-35-17-7-8-19(21(13-17)31(33)34)27-22(32)14-36-24-29-28-23(16-9-11-26-12-10-16)30(24)20-6-4-5-18(25)15(20)2/h4-13H,3,14H2,1-2H3,(H,27,32). The largest absolute Gasteiger partial charge is 0.494 e. The van der Waals surface area contributed by atoms with Crippen molar-refractivity contribution in [2.24, 2.45) is 0 Å². The van der Waals surface area contributed by atoms with Gasteiger partial charge in [-0.2, -0.15) is 0 Å². The molecule has 10 nitrogen and oxygen atoms in total. The van der Waals surface area contributed by atoms with Crippen molar-refractivity contribution in [1.82, 2.24) is 19.7 Å². The van der Waals surface area contributed by atoms with E-state index < -0.39 is 10.8 Å². The minimum Gasteiger partial charge on any atom is -0.494 e. The Kier molecular flexibility index (Phi) is 7.81. The number of anilines is 1. The molecule has 0 fully saturated rings. The lowest BCUT2D eigenvalue weighted by atomic mass is 10.2. The number of rotatable bonds is 9. The molecule has 1 N–H and O–H groups in total. The number of nitrogens with zero attached hydrogens (tertiary/aromatic N) is 5. The minimum atomic E-state index is -0.565. The number of hydrogen-bond donors (Lipinski definition) is 1. The van der Waals surface area contributed by atoms with Gasteiger partial charge >= 0.3 is 0 Å². The molecule has 0 saturated carbocycles. The Labute approximate surface area is 215 Å². The molecule has 0 spiro atoms. The fourth-order valence-corrected chi connectivity index (χ4v) is 4.36. The molecule has 0 saturated heterocycles. The first-order valence-electron chi connectivity index (χ1n) is 10.8. The molecule has 2 aromatic heterocycles. The van der Waals surface area contributed by atoms with Gasteiger partial charge in [0.15, 0.2) is 11.0 Å². The van der Waals surface area contributed by atoms with Crippen LogP contribution in [0.25, 0.3) is 17.1 Å². The van der Waals surface area contributed by atoms with Crippen LogP contribution in [0, 0.1) is 17.0 Å². The lowest BCUT2D eigenvalue weighted by molar-refractivity contribution is -0.384. The fraction of sp³-hybridized carbons (Fsp3) is 0.167. The third-order valence-electron chi connectivity index (χ3n) is 5.14. The Morgan fingerprint density at radius 2 is 1.97 bits per heavy atom. The number of aromatic nitrogens is 4. The summed E-state index contributed by atoms with van der Waals surface area (Å²) in [5, 5.41) is 23.8. The average molecular weight is 525 g/mol. The van der Waals surface area contributed by atoms with Crippen LogP contribution >= 0.6 is 23.4 Å². The number of amides is 1. The first kappa shape index (κ1) is 25.1. The fourth-order valence-electron chi connectivity index (χ4n) is 3.45. The zero-order valence-corrected chi connectivity index (χ0v) is 20.9. The third kappa shape index (κ3) is 5.47. The molecule has 0 radical (unpaired) electrons. The first-order chi connectivity index (χ1) is 17.4. The maximum absolute atomic E-state index is 12.7. The number of benzene rings is 2. The van der Waals surface area contributed by atoms with Gasteiger partial charge in [-0.25, -0.2) is 0 Å². The maximum Gasteiger partial charge on any atom is 0.296 e. The van der Waals surface area contributed by atoms with E-state index in [1.54, 1.807) is 31.5 Å². The summed E-state index contributed by atoms with van der Waals surface area (Å²) >= 11 is 7.52. The molecule has 0 aliphatic rings. The summed E-state index contributed by atoms with van der Waals surface area (Å²) in [6, 6.07) is 13.4. The minimum absolute atomic E-state index is 0.0571. The summed E-state index contributed by atoms with van der Waals surface area (Å²) in [5.41, 5.74) is 2.21. The number of hydrogen-bond acceptors (Lipinski definition) is 8. The Balaban J connectivity index is 1.60. The number of pyridine rings is 1. The molecule has 184 valence electrons. The van der Waals surface area contributed by atoms with Gasteiger partial charge in [0.05, 0.1) is 29.0 Å². The van der Waals surface area contributed by atoms with Crippen LogP contribution in [-0.4, -0.2) is 42.9 Å². The van der Waals surface area contributed by atoms with Crippen molar-refractivity contribution in [2.75, 3.05) is 17.7 Å². The molecule has 12 heteroatoms. The number of thioether (sulfide) groups is 1. The number of carbonyl (C=O) groups excluding carboxylic acids is 1. The van der Waals surface area contributed by atoms with E-state index in [4.69, 9.17) is 16.3 Å². The van der Waals surface area contributed by atoms with Crippen LogP contribution in [0.4, 0.5) is 11.4 Å². The smallest absolute Gasteiger partial charge is 0.296 e. The second-order valence-corrected chi connectivity index (χ2v) is 8.82. The van der Waals surface area contributed by atoms with Crippen LogP contribution in [-0.2, 0) is 4.79 Å². The molecular weight excluding hydrogens is 504 g/mol. The van der Waals surface area contributed by atoms with Crippen LogP contribution in [0.15, 0.2) is 66.1 Å². The summed E-state index contributed by atoms with van der Waals surface area (Å²) in [6.07, 6.45) is 3.31. The molecule has 0 unspecified atom stereocenters. The quantitative estimate of drug-likeness (QED) is 0.177. The van der Waals surface area contributed by atoms with Gasteiger partial charge in [-0.1, -0.05) is 29.4 Å². The van der Waals surface area contributed by atoms with E-state index in [0.717, 1.165) is 28.6 Å². The Morgan fingerprint density at radius 1 is 1.19 bits per heavy atom. The van der Waals surface area contributed by atoms with Crippen LogP contribution in [0.1, 0.15) is 12.5 Å². The predicted octanol–water partition coefficient (Wildman–Crippen LogP) is 5.33. The second-order valence-electron chi connectivity index (χ2n) is 7.47. The number of nitro benzene ring substituents is 1. The summed E-state index contributed by atoms with van der Waals surface area (Å²) in [5.74, 6) is 0.423. The highest BCUT2D eigenvalue weighted by Gasteiger charge is 2.21. The van der Waals surface area contributed by atoms with Gasteiger partial charge in [-0.3, -0.25) is 24.5 Å². The molecule has 2 aromatic carbocycles. The highest BCUT2D eigenvalue weighted by molar-refractivity contribution is 7.99. The summed E-state index contributed by atoms with van der Waals surface area (Å²) in [6.45, 7) is 4.04. The van der Waals surface area contributed by atoms with Crippen molar-refractivity contribution in [1.29, 1.82) is 0 Å². The number of ether oxygens (including phenoxy) is 1. The number of halogens is 1. The molecule has 2 heterocycles. The van der Waals surface area contributed by atoms with Crippen molar-refractivity contribution in [3.8, 4) is 22.8 Å². The molecule has 4 rings (SSSR count). The second kappa shape index (κ2) is 11.2. The van der Waals surface area contributed by atoms with Gasteiger partial charge < -0.3 is 10.1 Å². The van der Waals surface area contributed by atoms with Gasteiger partial charge in [-0.05, 0) is 55.8 Å². The van der Waals surface area contributed by atoms with Gasteiger partial charge in [0.1, 0.15) is 11.4 Å². The lowest BCUT2D eigenvalue weighted by Crippen LogP contribution is -2.15. The number of carbonyl (C=O) groups is 1. The normalized spacial score (nSPS) is 10.8. The van der Waals surface area contributed by atoms with E-state index in [0.29, 0.717) is 28.4 Å². The number of nitro groups is 1. The molecule has 0 atom stereocenters. The molecule has 0 aliphatic heterocycles. The molecule has 36 heavy (non-hydrogen) atoms. The van der Waals surface area contributed by atoms with E-state index in [2.05, 4.69) is 20.5 Å².